The largest absolute Gasteiger partial charge is 0.461 e. The summed E-state index contributed by atoms with van der Waals surface area (Å²) < 4.78 is 20.1. The minimum atomic E-state index is -0.549. The van der Waals surface area contributed by atoms with Crippen molar-refractivity contribution in [3.8, 4) is 0 Å². The van der Waals surface area contributed by atoms with Crippen molar-refractivity contribution in [2.24, 2.45) is 7.05 Å². The molecule has 3 rings (SSSR count). The first-order valence-corrected chi connectivity index (χ1v) is 10.5. The summed E-state index contributed by atoms with van der Waals surface area (Å²) in [4.78, 5) is 32.0. The number of rotatable bonds is 8. The summed E-state index contributed by atoms with van der Waals surface area (Å²) in [6, 6.07) is 14.8. The lowest BCUT2D eigenvalue weighted by Gasteiger charge is -2.21. The van der Waals surface area contributed by atoms with Gasteiger partial charge in [-0.1, -0.05) is 37.3 Å². The van der Waals surface area contributed by atoms with E-state index in [1.165, 1.54) is 29.2 Å². The number of anilines is 2. The molecule has 32 heavy (non-hydrogen) atoms. The van der Waals surface area contributed by atoms with Crippen LogP contribution in [0.1, 0.15) is 42.1 Å². The molecule has 7 nitrogen and oxygen atoms in total. The molecule has 0 saturated carbocycles. The van der Waals surface area contributed by atoms with Crippen molar-refractivity contribution >= 4 is 23.5 Å². The van der Waals surface area contributed by atoms with Crippen molar-refractivity contribution in [1.29, 1.82) is 0 Å². The van der Waals surface area contributed by atoms with Gasteiger partial charge in [0.05, 0.1) is 6.61 Å². The first-order valence-electron chi connectivity index (χ1n) is 10.5. The Kier molecular flexibility index (Phi) is 7.59. The number of halogens is 1. The second-order valence-corrected chi connectivity index (χ2v) is 7.23. The summed E-state index contributed by atoms with van der Waals surface area (Å²) in [6.45, 7) is 4.19. The summed E-state index contributed by atoms with van der Waals surface area (Å²) in [5.74, 6) is -0.0796. The van der Waals surface area contributed by atoms with Gasteiger partial charge in [-0.05, 0) is 43.2 Å². The number of carbonyl (C=O) groups excluding carboxylic acids is 2. The maximum atomic E-state index is 13.2. The first kappa shape index (κ1) is 23.0. The van der Waals surface area contributed by atoms with Crippen molar-refractivity contribution in [2.45, 2.75) is 26.7 Å². The fraction of sp³-hybridized carbons (Fsp3) is 0.292. The van der Waals surface area contributed by atoms with E-state index in [4.69, 9.17) is 4.74 Å². The quantitative estimate of drug-likeness (QED) is 0.514. The summed E-state index contributed by atoms with van der Waals surface area (Å²) in [6.07, 6.45) is 1.13. The third kappa shape index (κ3) is 5.32. The van der Waals surface area contributed by atoms with E-state index >= 15 is 0 Å². The zero-order chi connectivity index (χ0) is 23.1. The minimum Gasteiger partial charge on any atom is -0.461 e. The van der Waals surface area contributed by atoms with Gasteiger partial charge in [-0.25, -0.2) is 19.0 Å². The predicted octanol–water partition coefficient (Wildman–Crippen LogP) is 4.78. The average molecular weight is 439 g/mol. The molecule has 0 bridgehead atoms. The highest BCUT2D eigenvalue weighted by molar-refractivity contribution is 6.05. The number of aromatic nitrogens is 2. The molecule has 0 atom stereocenters. The van der Waals surface area contributed by atoms with E-state index in [1.54, 1.807) is 18.5 Å². The molecular formula is C24H27FN4O3. The van der Waals surface area contributed by atoms with Crippen LogP contribution in [0.5, 0.6) is 0 Å². The molecule has 3 aromatic rings. The lowest BCUT2D eigenvalue weighted by Crippen LogP contribution is -2.37. The highest BCUT2D eigenvalue weighted by Gasteiger charge is 2.29. The number of esters is 1. The van der Waals surface area contributed by atoms with Crippen LogP contribution in [0, 0.1) is 5.82 Å². The van der Waals surface area contributed by atoms with Crippen LogP contribution < -0.4 is 10.2 Å². The van der Waals surface area contributed by atoms with Crippen LogP contribution in [0.15, 0.2) is 54.6 Å². The zero-order valence-corrected chi connectivity index (χ0v) is 18.5. The Morgan fingerprint density at radius 1 is 1.09 bits per heavy atom. The van der Waals surface area contributed by atoms with Gasteiger partial charge in [0.15, 0.2) is 11.5 Å². The van der Waals surface area contributed by atoms with Crippen molar-refractivity contribution < 1.29 is 18.7 Å². The number of ether oxygens (including phenoxy) is 1. The standard InChI is InChI=1S/C24H27FN4O3/c1-4-15-29(24(31)26-19-13-11-18(25)12-14-19)22-21(23(30)32-5-2)28(3)20(27-22)16-17-9-7-6-8-10-17/h6-14H,4-5,15-16H2,1-3H3,(H,26,31). The van der Waals surface area contributed by atoms with E-state index in [0.29, 0.717) is 30.9 Å². The van der Waals surface area contributed by atoms with Crippen LogP contribution in [-0.2, 0) is 18.2 Å². The Morgan fingerprint density at radius 3 is 2.41 bits per heavy atom. The molecule has 0 saturated heterocycles. The van der Waals surface area contributed by atoms with Crippen LogP contribution >= 0.6 is 0 Å². The average Bonchev–Trinajstić information content (AvgIpc) is 3.10. The molecule has 2 aromatic carbocycles. The minimum absolute atomic E-state index is 0.201. The third-order valence-electron chi connectivity index (χ3n) is 4.89. The van der Waals surface area contributed by atoms with Crippen LogP contribution in [0.2, 0.25) is 0 Å². The number of nitrogens with zero attached hydrogens (tertiary/aromatic N) is 3. The Bertz CT molecular complexity index is 1060. The Morgan fingerprint density at radius 2 is 1.78 bits per heavy atom. The molecular weight excluding hydrogens is 411 g/mol. The van der Waals surface area contributed by atoms with Crippen LogP contribution in [0.4, 0.5) is 20.7 Å². The van der Waals surface area contributed by atoms with Crippen molar-refractivity contribution in [3.63, 3.8) is 0 Å². The van der Waals surface area contributed by atoms with Crippen LogP contribution in [0.25, 0.3) is 0 Å². The van der Waals surface area contributed by atoms with Gasteiger partial charge in [-0.2, -0.15) is 0 Å². The van der Waals surface area contributed by atoms with E-state index in [1.807, 2.05) is 37.3 Å². The van der Waals surface area contributed by atoms with Gasteiger partial charge in [-0.15, -0.1) is 0 Å². The normalized spacial score (nSPS) is 10.6. The molecule has 8 heteroatoms. The Labute approximate surface area is 186 Å². The van der Waals surface area contributed by atoms with Gasteiger partial charge in [0, 0.05) is 25.7 Å². The number of imidazole rings is 1. The van der Waals surface area contributed by atoms with E-state index in [0.717, 1.165) is 5.56 Å². The number of nitrogens with one attached hydrogen (secondary N) is 1. The number of hydrogen-bond donors (Lipinski definition) is 1. The van der Waals surface area contributed by atoms with Gasteiger partial charge in [0.1, 0.15) is 11.6 Å². The summed E-state index contributed by atoms with van der Waals surface area (Å²) in [7, 11) is 1.74. The molecule has 1 heterocycles. The monoisotopic (exact) mass is 438 g/mol. The first-order chi connectivity index (χ1) is 15.4. The highest BCUT2D eigenvalue weighted by atomic mass is 19.1. The van der Waals surface area contributed by atoms with Gasteiger partial charge in [-0.3, -0.25) is 4.90 Å². The molecule has 0 aliphatic carbocycles. The van der Waals surface area contributed by atoms with E-state index in [-0.39, 0.29) is 18.1 Å². The molecule has 0 fully saturated rings. The highest BCUT2D eigenvalue weighted by Crippen LogP contribution is 2.25. The maximum absolute atomic E-state index is 13.2. The van der Waals surface area contributed by atoms with Crippen molar-refractivity contribution in [1.82, 2.24) is 9.55 Å². The van der Waals surface area contributed by atoms with E-state index in [9.17, 15) is 14.0 Å². The molecule has 1 aromatic heterocycles. The van der Waals surface area contributed by atoms with Gasteiger partial charge >= 0.3 is 12.0 Å². The lowest BCUT2D eigenvalue weighted by molar-refractivity contribution is 0.0516. The number of benzene rings is 2. The fourth-order valence-corrected chi connectivity index (χ4v) is 3.33. The number of amides is 2. The third-order valence-corrected chi connectivity index (χ3v) is 4.89. The Balaban J connectivity index is 1.99. The molecule has 0 radical (unpaired) electrons. The predicted molar refractivity (Wildman–Crippen MR) is 121 cm³/mol. The maximum Gasteiger partial charge on any atom is 0.358 e. The smallest absolute Gasteiger partial charge is 0.358 e. The van der Waals surface area contributed by atoms with Gasteiger partial charge in [0.25, 0.3) is 0 Å². The van der Waals surface area contributed by atoms with E-state index < -0.39 is 17.8 Å². The summed E-state index contributed by atoms with van der Waals surface area (Å²) in [5.41, 5.74) is 1.68. The zero-order valence-electron chi connectivity index (χ0n) is 18.5. The number of hydrogen-bond acceptors (Lipinski definition) is 4. The SMILES string of the molecule is CCCN(C(=O)Nc1ccc(F)cc1)c1nc(Cc2ccccc2)n(C)c1C(=O)OCC. The van der Waals surface area contributed by atoms with Crippen LogP contribution in [-0.4, -0.2) is 34.7 Å². The molecule has 0 aliphatic heterocycles. The fourth-order valence-electron chi connectivity index (χ4n) is 3.33. The summed E-state index contributed by atoms with van der Waals surface area (Å²) in [5, 5.41) is 2.75. The molecule has 168 valence electrons. The number of urea groups is 1. The van der Waals surface area contributed by atoms with Gasteiger partial charge in [0.2, 0.25) is 0 Å². The second-order valence-electron chi connectivity index (χ2n) is 7.23. The molecule has 0 unspecified atom stereocenters. The van der Waals surface area contributed by atoms with Crippen molar-refractivity contribution in [3.05, 3.63) is 77.5 Å². The van der Waals surface area contributed by atoms with Crippen molar-refractivity contribution in [2.75, 3.05) is 23.4 Å². The summed E-state index contributed by atoms with van der Waals surface area (Å²) >= 11 is 0. The van der Waals surface area contributed by atoms with Crippen LogP contribution in [0.3, 0.4) is 0 Å². The molecule has 2 amide bonds. The second kappa shape index (κ2) is 10.6. The Hall–Kier alpha value is -3.68. The van der Waals surface area contributed by atoms with Gasteiger partial charge < -0.3 is 14.6 Å². The molecule has 0 aliphatic rings. The number of carbonyl (C=O) groups is 2. The topological polar surface area (TPSA) is 76.5 Å². The molecule has 0 spiro atoms. The van der Waals surface area contributed by atoms with E-state index in [2.05, 4.69) is 10.3 Å². The molecule has 1 N–H and O–H groups in total. The lowest BCUT2D eigenvalue weighted by atomic mass is 10.1.